The molecule has 0 bridgehead atoms. The maximum atomic E-state index is 12.8. The van der Waals surface area contributed by atoms with Gasteiger partial charge < -0.3 is 9.80 Å². The Balaban J connectivity index is 1.39. The number of carbonyl (C=O) groups excluding carboxylic acids is 2. The van der Waals surface area contributed by atoms with Gasteiger partial charge in [0.25, 0.3) is 11.8 Å². The summed E-state index contributed by atoms with van der Waals surface area (Å²) in [5, 5.41) is 4.49. The van der Waals surface area contributed by atoms with Crippen molar-refractivity contribution in [3.8, 4) is 0 Å². The standard InChI is InChI=1S/C21H26N4O2/c1-15-6-7-17(13-16(15)2)20(26)23-9-11-24(12-10-23)21(27)19-14-18-5-3-4-8-25(18)22-19/h6-7,13-14H,3-5,8-12H2,1-2H3. The first-order chi connectivity index (χ1) is 13.0. The van der Waals surface area contributed by atoms with Crippen LogP contribution in [0.1, 0.15) is 50.5 Å². The maximum absolute atomic E-state index is 12.8. The molecule has 2 amide bonds. The molecule has 3 heterocycles. The summed E-state index contributed by atoms with van der Waals surface area (Å²) in [7, 11) is 0. The van der Waals surface area contributed by atoms with Crippen LogP contribution in [0.25, 0.3) is 0 Å². The molecular formula is C21H26N4O2. The zero-order valence-corrected chi connectivity index (χ0v) is 16.1. The van der Waals surface area contributed by atoms with E-state index in [0.717, 1.165) is 36.2 Å². The molecule has 0 atom stereocenters. The minimum absolute atomic E-state index is 0.0184. The summed E-state index contributed by atoms with van der Waals surface area (Å²) in [5.41, 5.74) is 4.73. The lowest BCUT2D eigenvalue weighted by molar-refractivity contribution is 0.0531. The molecule has 1 aromatic carbocycles. The van der Waals surface area contributed by atoms with E-state index in [-0.39, 0.29) is 11.8 Å². The lowest BCUT2D eigenvalue weighted by Gasteiger charge is -2.34. The SMILES string of the molecule is Cc1ccc(C(=O)N2CCN(C(=O)c3cc4n(n3)CCCC4)CC2)cc1C. The van der Waals surface area contributed by atoms with Crippen LogP contribution in [-0.4, -0.2) is 57.6 Å². The van der Waals surface area contributed by atoms with E-state index in [0.29, 0.717) is 31.9 Å². The number of aromatic nitrogens is 2. The molecule has 1 aromatic heterocycles. The van der Waals surface area contributed by atoms with E-state index in [1.165, 1.54) is 12.0 Å². The molecule has 0 radical (unpaired) electrons. The van der Waals surface area contributed by atoms with Crippen molar-refractivity contribution in [1.82, 2.24) is 19.6 Å². The fourth-order valence-corrected chi connectivity index (χ4v) is 3.85. The van der Waals surface area contributed by atoms with Crippen molar-refractivity contribution >= 4 is 11.8 Å². The summed E-state index contributed by atoms with van der Waals surface area (Å²) in [6.07, 6.45) is 3.29. The van der Waals surface area contributed by atoms with Crippen molar-refractivity contribution in [2.75, 3.05) is 26.2 Å². The molecule has 2 aliphatic heterocycles. The van der Waals surface area contributed by atoms with Crippen LogP contribution in [0.2, 0.25) is 0 Å². The number of hydrogen-bond acceptors (Lipinski definition) is 3. The highest BCUT2D eigenvalue weighted by Crippen LogP contribution is 2.18. The molecule has 0 aliphatic carbocycles. The summed E-state index contributed by atoms with van der Waals surface area (Å²) in [4.78, 5) is 29.2. The minimum atomic E-state index is -0.0184. The van der Waals surface area contributed by atoms with Crippen molar-refractivity contribution in [3.63, 3.8) is 0 Å². The van der Waals surface area contributed by atoms with Crippen LogP contribution in [-0.2, 0) is 13.0 Å². The highest BCUT2D eigenvalue weighted by atomic mass is 16.2. The summed E-state index contributed by atoms with van der Waals surface area (Å²) >= 11 is 0. The van der Waals surface area contributed by atoms with Gasteiger partial charge in [0.05, 0.1) is 0 Å². The quantitative estimate of drug-likeness (QED) is 0.820. The van der Waals surface area contributed by atoms with E-state index in [1.807, 2.05) is 52.6 Å². The Hall–Kier alpha value is -2.63. The molecule has 0 unspecified atom stereocenters. The fourth-order valence-electron chi connectivity index (χ4n) is 3.85. The van der Waals surface area contributed by atoms with Gasteiger partial charge in [-0.15, -0.1) is 0 Å². The van der Waals surface area contributed by atoms with Crippen LogP contribution < -0.4 is 0 Å². The van der Waals surface area contributed by atoms with E-state index < -0.39 is 0 Å². The van der Waals surface area contributed by atoms with E-state index in [2.05, 4.69) is 5.10 Å². The van der Waals surface area contributed by atoms with Crippen LogP contribution in [0.15, 0.2) is 24.3 Å². The van der Waals surface area contributed by atoms with Crippen molar-refractivity contribution in [1.29, 1.82) is 0 Å². The predicted octanol–water partition coefficient (Wildman–Crippen LogP) is 2.43. The molecule has 1 fully saturated rings. The zero-order valence-electron chi connectivity index (χ0n) is 16.1. The Morgan fingerprint density at radius 3 is 2.22 bits per heavy atom. The molecule has 1 saturated heterocycles. The smallest absolute Gasteiger partial charge is 0.274 e. The van der Waals surface area contributed by atoms with Crippen molar-refractivity contribution < 1.29 is 9.59 Å². The molecular weight excluding hydrogens is 340 g/mol. The summed E-state index contributed by atoms with van der Waals surface area (Å²) in [6.45, 7) is 7.20. The fraction of sp³-hybridized carbons (Fsp3) is 0.476. The van der Waals surface area contributed by atoms with Gasteiger partial charge in [-0.05, 0) is 62.4 Å². The monoisotopic (exact) mass is 366 g/mol. The molecule has 0 N–H and O–H groups in total. The highest BCUT2D eigenvalue weighted by Gasteiger charge is 2.27. The van der Waals surface area contributed by atoms with Gasteiger partial charge in [-0.1, -0.05) is 6.07 Å². The van der Waals surface area contributed by atoms with Crippen molar-refractivity contribution in [2.45, 2.75) is 39.7 Å². The Kier molecular flexibility index (Phi) is 4.72. The first kappa shape index (κ1) is 17.8. The predicted molar refractivity (Wildman–Crippen MR) is 103 cm³/mol. The Morgan fingerprint density at radius 1 is 0.852 bits per heavy atom. The molecule has 0 spiro atoms. The topological polar surface area (TPSA) is 58.4 Å². The van der Waals surface area contributed by atoms with E-state index in [9.17, 15) is 9.59 Å². The lowest BCUT2D eigenvalue weighted by Crippen LogP contribution is -2.50. The minimum Gasteiger partial charge on any atom is -0.335 e. The average molecular weight is 366 g/mol. The maximum Gasteiger partial charge on any atom is 0.274 e. The van der Waals surface area contributed by atoms with Gasteiger partial charge >= 0.3 is 0 Å². The van der Waals surface area contributed by atoms with Crippen LogP contribution in [0, 0.1) is 13.8 Å². The summed E-state index contributed by atoms with van der Waals surface area (Å²) in [6, 6.07) is 7.76. The average Bonchev–Trinajstić information content (AvgIpc) is 3.13. The lowest BCUT2D eigenvalue weighted by atomic mass is 10.1. The van der Waals surface area contributed by atoms with Gasteiger partial charge in [-0.3, -0.25) is 14.3 Å². The Labute approximate surface area is 159 Å². The second-order valence-electron chi connectivity index (χ2n) is 7.58. The van der Waals surface area contributed by atoms with E-state index in [4.69, 9.17) is 0 Å². The normalized spacial score (nSPS) is 17.0. The van der Waals surface area contributed by atoms with Gasteiger partial charge in [0.1, 0.15) is 0 Å². The third-order valence-electron chi connectivity index (χ3n) is 5.74. The zero-order chi connectivity index (χ0) is 19.0. The number of amides is 2. The number of rotatable bonds is 2. The Bertz CT molecular complexity index is 855. The second kappa shape index (κ2) is 7.18. The van der Waals surface area contributed by atoms with Gasteiger partial charge in [-0.25, -0.2) is 0 Å². The van der Waals surface area contributed by atoms with E-state index in [1.54, 1.807) is 0 Å². The van der Waals surface area contributed by atoms with Crippen molar-refractivity contribution in [3.05, 3.63) is 52.3 Å². The van der Waals surface area contributed by atoms with Gasteiger partial charge in [0, 0.05) is 44.0 Å². The van der Waals surface area contributed by atoms with Crippen LogP contribution in [0.4, 0.5) is 0 Å². The number of hydrogen-bond donors (Lipinski definition) is 0. The molecule has 27 heavy (non-hydrogen) atoms. The second-order valence-corrected chi connectivity index (χ2v) is 7.58. The van der Waals surface area contributed by atoms with Crippen molar-refractivity contribution in [2.24, 2.45) is 0 Å². The first-order valence-corrected chi connectivity index (χ1v) is 9.75. The number of carbonyl (C=O) groups is 2. The molecule has 6 heteroatoms. The first-order valence-electron chi connectivity index (χ1n) is 9.75. The molecule has 142 valence electrons. The molecule has 2 aliphatic rings. The van der Waals surface area contributed by atoms with Crippen LogP contribution in [0.3, 0.4) is 0 Å². The highest BCUT2D eigenvalue weighted by molar-refractivity contribution is 5.95. The molecule has 0 saturated carbocycles. The number of benzene rings is 1. The molecule has 6 nitrogen and oxygen atoms in total. The third-order valence-corrected chi connectivity index (χ3v) is 5.74. The van der Waals surface area contributed by atoms with Crippen LogP contribution in [0.5, 0.6) is 0 Å². The van der Waals surface area contributed by atoms with Gasteiger partial charge in [-0.2, -0.15) is 5.10 Å². The largest absolute Gasteiger partial charge is 0.335 e. The van der Waals surface area contributed by atoms with E-state index >= 15 is 0 Å². The number of fused-ring (bicyclic) bond motifs is 1. The third kappa shape index (κ3) is 3.48. The number of aryl methyl sites for hydroxylation is 4. The van der Waals surface area contributed by atoms with Gasteiger partial charge in [0.15, 0.2) is 5.69 Å². The number of piperazine rings is 1. The molecule has 2 aromatic rings. The van der Waals surface area contributed by atoms with Crippen LogP contribution >= 0.6 is 0 Å². The molecule has 4 rings (SSSR count). The Morgan fingerprint density at radius 2 is 1.56 bits per heavy atom. The summed E-state index contributed by atoms with van der Waals surface area (Å²) in [5.74, 6) is 0.0258. The number of nitrogens with zero attached hydrogens (tertiary/aromatic N) is 4. The summed E-state index contributed by atoms with van der Waals surface area (Å²) < 4.78 is 1.97. The van der Waals surface area contributed by atoms with Gasteiger partial charge in [0.2, 0.25) is 0 Å².